The van der Waals surface area contributed by atoms with E-state index in [0.717, 1.165) is 28.3 Å². The molecule has 34 heavy (non-hydrogen) atoms. The van der Waals surface area contributed by atoms with Crippen molar-refractivity contribution in [3.63, 3.8) is 0 Å². The minimum atomic E-state index is -4.38. The monoisotopic (exact) mass is 488 g/mol. The zero-order chi connectivity index (χ0) is 24.6. The van der Waals surface area contributed by atoms with Crippen LogP contribution >= 0.6 is 11.8 Å². The van der Waals surface area contributed by atoms with Gasteiger partial charge in [-0.15, -0.1) is 11.8 Å². The summed E-state index contributed by atoms with van der Waals surface area (Å²) in [5.74, 6) is -1.59. The molecule has 1 amide bonds. The number of aromatic nitrogens is 1. The van der Waals surface area contributed by atoms with Gasteiger partial charge in [0.2, 0.25) is 5.91 Å². The van der Waals surface area contributed by atoms with Crippen molar-refractivity contribution in [2.45, 2.75) is 48.7 Å². The zero-order valence-electron chi connectivity index (χ0n) is 18.5. The lowest BCUT2D eigenvalue weighted by Gasteiger charge is -2.22. The van der Waals surface area contributed by atoms with Crippen molar-refractivity contribution in [3.05, 3.63) is 88.7 Å². The van der Waals surface area contributed by atoms with Crippen molar-refractivity contribution < 1.29 is 27.9 Å². The summed E-state index contributed by atoms with van der Waals surface area (Å²) < 4.78 is 40.5. The highest BCUT2D eigenvalue weighted by atomic mass is 32.2. The lowest BCUT2D eigenvalue weighted by atomic mass is 9.99. The number of nitrogens with one attached hydrogen (secondary N) is 1. The molecule has 4 rings (SSSR count). The normalized spacial score (nSPS) is 18.4. The Morgan fingerprint density at radius 1 is 1.09 bits per heavy atom. The van der Waals surface area contributed by atoms with E-state index in [1.54, 1.807) is 23.9 Å². The molecule has 3 aromatic rings. The number of amides is 1. The molecule has 2 heterocycles. The van der Waals surface area contributed by atoms with Crippen molar-refractivity contribution in [1.29, 1.82) is 0 Å². The number of thioether (sulfide) groups is 1. The molecule has 1 aliphatic rings. The predicted octanol–water partition coefficient (Wildman–Crippen LogP) is 5.71. The van der Waals surface area contributed by atoms with E-state index in [2.05, 4.69) is 5.32 Å². The Hall–Kier alpha value is -3.20. The first-order valence-corrected chi connectivity index (χ1v) is 11.6. The van der Waals surface area contributed by atoms with E-state index < -0.39 is 23.6 Å². The Kier molecular flexibility index (Phi) is 6.49. The average Bonchev–Trinajstić information content (AvgIpc) is 3.31. The number of fused-ring (bicyclic) bond motifs is 1. The molecular formula is C25H23F3N2O3S. The Labute approximate surface area is 199 Å². The fourth-order valence-corrected chi connectivity index (χ4v) is 5.45. The van der Waals surface area contributed by atoms with Gasteiger partial charge in [-0.2, -0.15) is 13.2 Å². The number of carboxylic acid groups (broad SMARTS) is 1. The summed E-state index contributed by atoms with van der Waals surface area (Å²) in [7, 11) is 0. The first-order valence-electron chi connectivity index (χ1n) is 10.7. The molecule has 178 valence electrons. The smallest absolute Gasteiger partial charge is 0.416 e. The van der Waals surface area contributed by atoms with E-state index in [-0.39, 0.29) is 22.8 Å². The fourth-order valence-electron chi connectivity index (χ4n) is 4.16. The SMILES string of the molecule is CC(NC(=O)C1c2c(ccn2Cc2ccc(C(F)(F)F)cc2)SC1C)c1ccc(C(=O)O)cc1. The van der Waals surface area contributed by atoms with Crippen LogP contribution in [0.2, 0.25) is 0 Å². The first-order chi connectivity index (χ1) is 16.0. The summed E-state index contributed by atoms with van der Waals surface area (Å²) in [5, 5.41) is 12.1. The van der Waals surface area contributed by atoms with Crippen molar-refractivity contribution >= 4 is 23.6 Å². The van der Waals surface area contributed by atoms with Crippen LogP contribution in [0.5, 0.6) is 0 Å². The van der Waals surface area contributed by atoms with Gasteiger partial charge in [0, 0.05) is 28.6 Å². The molecule has 3 unspecified atom stereocenters. The molecule has 0 radical (unpaired) electrons. The van der Waals surface area contributed by atoms with Crippen molar-refractivity contribution in [2.75, 3.05) is 0 Å². The average molecular weight is 489 g/mol. The molecule has 1 aliphatic heterocycles. The molecule has 5 nitrogen and oxygen atoms in total. The molecule has 0 spiro atoms. The van der Waals surface area contributed by atoms with Crippen LogP contribution in [0.1, 0.15) is 58.5 Å². The van der Waals surface area contributed by atoms with Crippen molar-refractivity contribution in [3.8, 4) is 0 Å². The third-order valence-electron chi connectivity index (χ3n) is 5.98. The van der Waals surface area contributed by atoms with Gasteiger partial charge in [-0.1, -0.05) is 31.2 Å². The minimum Gasteiger partial charge on any atom is -0.478 e. The van der Waals surface area contributed by atoms with Gasteiger partial charge in [-0.05, 0) is 48.4 Å². The molecule has 2 N–H and O–H groups in total. The largest absolute Gasteiger partial charge is 0.478 e. The second-order valence-corrected chi connectivity index (χ2v) is 9.76. The maximum Gasteiger partial charge on any atom is 0.416 e. The third-order valence-corrected chi connectivity index (χ3v) is 7.22. The van der Waals surface area contributed by atoms with Gasteiger partial charge in [0.25, 0.3) is 0 Å². The van der Waals surface area contributed by atoms with Crippen molar-refractivity contribution in [1.82, 2.24) is 9.88 Å². The molecule has 9 heteroatoms. The number of hydrogen-bond donors (Lipinski definition) is 2. The molecule has 0 bridgehead atoms. The number of halogens is 3. The highest BCUT2D eigenvalue weighted by Gasteiger charge is 2.39. The number of nitrogens with zero attached hydrogens (tertiary/aromatic N) is 1. The van der Waals surface area contributed by atoms with E-state index in [1.807, 2.05) is 30.7 Å². The summed E-state index contributed by atoms with van der Waals surface area (Å²) in [6.45, 7) is 4.17. The fraction of sp³-hybridized carbons (Fsp3) is 0.280. The third kappa shape index (κ3) is 4.84. The highest BCUT2D eigenvalue weighted by Crippen LogP contribution is 2.46. The van der Waals surface area contributed by atoms with Crippen LogP contribution < -0.4 is 5.32 Å². The van der Waals surface area contributed by atoms with Crippen LogP contribution in [0, 0.1) is 0 Å². The zero-order valence-corrected chi connectivity index (χ0v) is 19.3. The number of rotatable bonds is 6. The van der Waals surface area contributed by atoms with Crippen LogP contribution in [0.3, 0.4) is 0 Å². The number of carbonyl (C=O) groups excluding carboxylic acids is 1. The van der Waals surface area contributed by atoms with Crippen LogP contribution in [-0.4, -0.2) is 26.8 Å². The second-order valence-electron chi connectivity index (χ2n) is 8.35. The number of hydrogen-bond acceptors (Lipinski definition) is 3. The van der Waals surface area contributed by atoms with E-state index in [0.29, 0.717) is 12.1 Å². The Morgan fingerprint density at radius 3 is 2.32 bits per heavy atom. The maximum atomic E-state index is 13.3. The number of carbonyl (C=O) groups is 2. The van der Waals surface area contributed by atoms with Gasteiger partial charge < -0.3 is 15.0 Å². The van der Waals surface area contributed by atoms with Gasteiger partial charge in [-0.25, -0.2) is 4.79 Å². The number of aromatic carboxylic acids is 1. The quantitative estimate of drug-likeness (QED) is 0.466. The van der Waals surface area contributed by atoms with E-state index in [1.165, 1.54) is 24.3 Å². The molecule has 3 atom stereocenters. The van der Waals surface area contributed by atoms with Gasteiger partial charge >= 0.3 is 12.1 Å². The van der Waals surface area contributed by atoms with E-state index in [4.69, 9.17) is 5.11 Å². The summed E-state index contributed by atoms with van der Waals surface area (Å²) in [6, 6.07) is 13.0. The predicted molar refractivity (Wildman–Crippen MR) is 123 cm³/mol. The van der Waals surface area contributed by atoms with E-state index in [9.17, 15) is 22.8 Å². The van der Waals surface area contributed by atoms with Gasteiger partial charge in [0.05, 0.1) is 23.1 Å². The summed E-state index contributed by atoms with van der Waals surface area (Å²) >= 11 is 1.60. The van der Waals surface area contributed by atoms with Gasteiger partial charge in [-0.3, -0.25) is 4.79 Å². The Bertz CT molecular complexity index is 1200. The molecule has 0 saturated heterocycles. The van der Waals surface area contributed by atoms with E-state index >= 15 is 0 Å². The topological polar surface area (TPSA) is 71.3 Å². The lowest BCUT2D eigenvalue weighted by Crippen LogP contribution is -2.35. The highest BCUT2D eigenvalue weighted by molar-refractivity contribution is 8.00. The molecule has 2 aromatic carbocycles. The summed E-state index contributed by atoms with van der Waals surface area (Å²) in [5.41, 5.74) is 1.83. The van der Waals surface area contributed by atoms with Gasteiger partial charge in [0.15, 0.2) is 0 Å². The van der Waals surface area contributed by atoms with Crippen LogP contribution in [-0.2, 0) is 17.5 Å². The number of alkyl halides is 3. The van der Waals surface area contributed by atoms with Crippen LogP contribution in [0.25, 0.3) is 0 Å². The minimum absolute atomic E-state index is 0.00774. The number of benzene rings is 2. The van der Waals surface area contributed by atoms with Crippen LogP contribution in [0.15, 0.2) is 65.7 Å². The summed E-state index contributed by atoms with van der Waals surface area (Å²) in [6.07, 6.45) is -2.53. The second kappa shape index (κ2) is 9.21. The molecule has 0 saturated carbocycles. The Balaban J connectivity index is 1.51. The van der Waals surface area contributed by atoms with Gasteiger partial charge in [0.1, 0.15) is 0 Å². The molecular weight excluding hydrogens is 465 g/mol. The lowest BCUT2D eigenvalue weighted by molar-refractivity contribution is -0.137. The summed E-state index contributed by atoms with van der Waals surface area (Å²) in [4.78, 5) is 25.3. The maximum absolute atomic E-state index is 13.3. The van der Waals surface area contributed by atoms with Crippen molar-refractivity contribution in [2.24, 2.45) is 0 Å². The molecule has 1 aromatic heterocycles. The van der Waals surface area contributed by atoms with Crippen LogP contribution in [0.4, 0.5) is 13.2 Å². The standard InChI is InChI=1S/C25H23F3N2O3S/c1-14(17-5-7-18(8-6-17)24(32)33)29-23(31)21-15(2)34-20-11-12-30(22(20)21)13-16-3-9-19(10-4-16)25(26,27)28/h3-12,14-15,21H,13H2,1-2H3,(H,29,31)(H,32,33). The number of carboxylic acids is 1. The molecule has 0 aliphatic carbocycles. The molecule has 0 fully saturated rings. The Morgan fingerprint density at radius 2 is 1.74 bits per heavy atom. The first kappa shape index (κ1) is 23.9.